The Kier molecular flexibility index (Phi) is 7.50. The number of amides is 1. The van der Waals surface area contributed by atoms with E-state index in [0.29, 0.717) is 10.6 Å². The highest BCUT2D eigenvalue weighted by molar-refractivity contribution is 7.89. The fourth-order valence-corrected chi connectivity index (χ4v) is 4.69. The van der Waals surface area contributed by atoms with Crippen LogP contribution in [0.3, 0.4) is 0 Å². The number of ether oxygens (including phenoxy) is 1. The predicted molar refractivity (Wildman–Crippen MR) is 125 cm³/mol. The van der Waals surface area contributed by atoms with Crippen molar-refractivity contribution >= 4 is 50.7 Å². The van der Waals surface area contributed by atoms with Crippen LogP contribution < -0.4 is 0 Å². The Morgan fingerprint density at radius 1 is 1.09 bits per heavy atom. The number of aliphatic hydroxyl groups is 1. The maximum Gasteiger partial charge on any atom is 0.295 e. The molecule has 0 unspecified atom stereocenters. The fraction of sp³-hybridized carbons (Fsp3) is 0.273. The van der Waals surface area contributed by atoms with Crippen molar-refractivity contribution in [1.82, 2.24) is 9.21 Å². The van der Waals surface area contributed by atoms with E-state index in [9.17, 15) is 23.1 Å². The minimum absolute atomic E-state index is 0.0191. The number of carbonyl (C=O) groups is 2. The largest absolute Gasteiger partial charge is 0.507 e. The van der Waals surface area contributed by atoms with Gasteiger partial charge in [0, 0.05) is 33.3 Å². The summed E-state index contributed by atoms with van der Waals surface area (Å²) in [6.07, 6.45) is 0. The van der Waals surface area contributed by atoms with E-state index in [-0.39, 0.29) is 34.2 Å². The van der Waals surface area contributed by atoms with Gasteiger partial charge in [-0.3, -0.25) is 9.59 Å². The van der Waals surface area contributed by atoms with Gasteiger partial charge in [0.1, 0.15) is 5.76 Å². The maximum atomic E-state index is 12.9. The first-order chi connectivity index (χ1) is 15.5. The summed E-state index contributed by atoms with van der Waals surface area (Å²) in [6.45, 7) is 0.269. The number of aliphatic hydroxyl groups excluding tert-OH is 1. The van der Waals surface area contributed by atoms with Crippen LogP contribution in [0.5, 0.6) is 0 Å². The van der Waals surface area contributed by atoms with Gasteiger partial charge in [-0.25, -0.2) is 12.7 Å². The molecule has 1 heterocycles. The zero-order valence-electron chi connectivity index (χ0n) is 18.1. The summed E-state index contributed by atoms with van der Waals surface area (Å²) in [5.74, 6) is -2.10. The molecule has 2 aromatic rings. The summed E-state index contributed by atoms with van der Waals surface area (Å²) in [6, 6.07) is 9.14. The maximum absolute atomic E-state index is 12.9. The lowest BCUT2D eigenvalue weighted by molar-refractivity contribution is -0.140. The minimum Gasteiger partial charge on any atom is -0.507 e. The number of methoxy groups -OCH3 is 1. The average Bonchev–Trinajstić information content (AvgIpc) is 3.03. The Balaban J connectivity index is 2.14. The van der Waals surface area contributed by atoms with Gasteiger partial charge in [-0.2, -0.15) is 0 Å². The molecule has 1 aliphatic heterocycles. The quantitative estimate of drug-likeness (QED) is 0.346. The Hall–Kier alpha value is -2.43. The second-order valence-electron chi connectivity index (χ2n) is 7.47. The monoisotopic (exact) mass is 512 g/mol. The van der Waals surface area contributed by atoms with E-state index in [2.05, 4.69) is 0 Å². The molecule has 2 aromatic carbocycles. The van der Waals surface area contributed by atoms with E-state index in [1.807, 2.05) is 0 Å². The topological polar surface area (TPSA) is 104 Å². The van der Waals surface area contributed by atoms with Crippen molar-refractivity contribution in [3.63, 3.8) is 0 Å². The summed E-state index contributed by atoms with van der Waals surface area (Å²) < 4.78 is 30.8. The number of likely N-dealkylation sites (tertiary alicyclic amines) is 1. The number of rotatable bonds is 7. The molecule has 0 bridgehead atoms. The fourth-order valence-electron chi connectivity index (χ4n) is 3.48. The lowest BCUT2D eigenvalue weighted by atomic mass is 9.95. The van der Waals surface area contributed by atoms with Gasteiger partial charge in [0.05, 0.1) is 33.2 Å². The van der Waals surface area contributed by atoms with Gasteiger partial charge in [0.15, 0.2) is 0 Å². The normalized spacial score (nSPS) is 18.4. The first-order valence-electron chi connectivity index (χ1n) is 9.76. The number of hydrogen-bond acceptors (Lipinski definition) is 6. The molecule has 33 heavy (non-hydrogen) atoms. The molecule has 0 radical (unpaired) electrons. The Morgan fingerprint density at radius 2 is 1.73 bits per heavy atom. The van der Waals surface area contributed by atoms with E-state index < -0.39 is 33.5 Å². The van der Waals surface area contributed by atoms with E-state index in [0.717, 1.165) is 4.31 Å². The standard InChI is InChI=1S/C22H22Cl2N2O6S/c1-25(2)33(30,31)15-7-4-13(5-8-15)20(27)18-19(14-6-9-16(23)17(24)12-14)26(10-11-32-3)22(29)21(18)28/h4-9,12,19,27H,10-11H2,1-3H3/b20-18+/t19-/m0/s1. The third kappa shape index (κ3) is 4.78. The van der Waals surface area contributed by atoms with Crippen LogP contribution in [0, 0.1) is 0 Å². The number of benzene rings is 2. The Bertz CT molecular complexity index is 1230. The number of halogens is 2. The summed E-state index contributed by atoms with van der Waals surface area (Å²) in [5.41, 5.74) is 0.522. The highest BCUT2D eigenvalue weighted by atomic mass is 35.5. The molecule has 1 amide bonds. The third-order valence-corrected chi connectivity index (χ3v) is 7.81. The van der Waals surface area contributed by atoms with Crippen LogP contribution in [-0.2, 0) is 24.3 Å². The number of Topliss-reactive ketones (excluding diaryl/α,β-unsaturated/α-hetero) is 1. The molecule has 1 saturated heterocycles. The van der Waals surface area contributed by atoms with Crippen molar-refractivity contribution in [2.24, 2.45) is 0 Å². The SMILES string of the molecule is COCCN1C(=O)C(=O)/C(=C(/O)c2ccc(S(=O)(=O)N(C)C)cc2)[C@@H]1c1ccc(Cl)c(Cl)c1. The van der Waals surface area contributed by atoms with Gasteiger partial charge in [0.25, 0.3) is 11.7 Å². The number of nitrogens with zero attached hydrogens (tertiary/aromatic N) is 2. The van der Waals surface area contributed by atoms with Gasteiger partial charge < -0.3 is 14.7 Å². The van der Waals surface area contributed by atoms with Crippen molar-refractivity contribution in [1.29, 1.82) is 0 Å². The number of carbonyl (C=O) groups excluding carboxylic acids is 2. The van der Waals surface area contributed by atoms with Crippen molar-refractivity contribution in [2.75, 3.05) is 34.4 Å². The van der Waals surface area contributed by atoms with Gasteiger partial charge in [-0.15, -0.1) is 0 Å². The number of sulfonamides is 1. The zero-order chi connectivity index (χ0) is 24.5. The lowest BCUT2D eigenvalue weighted by Crippen LogP contribution is -2.32. The van der Waals surface area contributed by atoms with Crippen LogP contribution in [0.25, 0.3) is 5.76 Å². The third-order valence-electron chi connectivity index (χ3n) is 5.24. The molecule has 11 heteroatoms. The molecule has 8 nitrogen and oxygen atoms in total. The van der Waals surface area contributed by atoms with E-state index >= 15 is 0 Å². The van der Waals surface area contributed by atoms with Crippen molar-refractivity contribution in [2.45, 2.75) is 10.9 Å². The Morgan fingerprint density at radius 3 is 2.27 bits per heavy atom. The van der Waals surface area contributed by atoms with Crippen molar-refractivity contribution in [3.05, 3.63) is 69.2 Å². The zero-order valence-corrected chi connectivity index (χ0v) is 20.4. The minimum atomic E-state index is -3.67. The van der Waals surface area contributed by atoms with Crippen LogP contribution in [0.1, 0.15) is 17.2 Å². The smallest absolute Gasteiger partial charge is 0.295 e. The summed E-state index contributed by atoms with van der Waals surface area (Å²) >= 11 is 12.2. The molecule has 0 spiro atoms. The highest BCUT2D eigenvalue weighted by Gasteiger charge is 2.46. The van der Waals surface area contributed by atoms with Gasteiger partial charge in [-0.05, 0) is 42.0 Å². The second-order valence-corrected chi connectivity index (χ2v) is 10.4. The van der Waals surface area contributed by atoms with Crippen LogP contribution in [0.15, 0.2) is 52.9 Å². The van der Waals surface area contributed by atoms with Crippen LogP contribution >= 0.6 is 23.2 Å². The summed E-state index contributed by atoms with van der Waals surface area (Å²) in [4.78, 5) is 27.0. The van der Waals surface area contributed by atoms with E-state index in [1.165, 1.54) is 62.5 Å². The molecule has 0 aliphatic carbocycles. The molecular weight excluding hydrogens is 491 g/mol. The molecule has 1 aliphatic rings. The first-order valence-corrected chi connectivity index (χ1v) is 12.0. The molecule has 1 fully saturated rings. The summed E-state index contributed by atoms with van der Waals surface area (Å²) in [7, 11) is 0.601. The van der Waals surface area contributed by atoms with Crippen molar-refractivity contribution in [3.8, 4) is 0 Å². The van der Waals surface area contributed by atoms with Crippen LogP contribution in [0.2, 0.25) is 10.0 Å². The van der Waals surface area contributed by atoms with E-state index in [1.54, 1.807) is 6.07 Å². The number of ketones is 1. The molecule has 0 aromatic heterocycles. The highest BCUT2D eigenvalue weighted by Crippen LogP contribution is 2.40. The molecule has 1 atom stereocenters. The van der Waals surface area contributed by atoms with Gasteiger partial charge >= 0.3 is 0 Å². The van der Waals surface area contributed by atoms with Crippen molar-refractivity contribution < 1.29 is 27.9 Å². The predicted octanol–water partition coefficient (Wildman–Crippen LogP) is 3.31. The molecule has 176 valence electrons. The van der Waals surface area contributed by atoms with Gasteiger partial charge in [0.2, 0.25) is 10.0 Å². The first kappa shape index (κ1) is 25.2. The second kappa shape index (κ2) is 9.82. The molecule has 3 rings (SSSR count). The molecule has 0 saturated carbocycles. The lowest BCUT2D eigenvalue weighted by Gasteiger charge is -2.25. The Labute approximate surface area is 202 Å². The molecular formula is C22H22Cl2N2O6S. The number of hydrogen-bond donors (Lipinski definition) is 1. The van der Waals surface area contributed by atoms with Gasteiger partial charge in [-0.1, -0.05) is 29.3 Å². The average molecular weight is 513 g/mol. The summed E-state index contributed by atoms with van der Waals surface area (Å²) in [5, 5.41) is 11.6. The van der Waals surface area contributed by atoms with Crippen LogP contribution in [-0.4, -0.2) is 68.8 Å². The molecule has 1 N–H and O–H groups in total. The van der Waals surface area contributed by atoms with E-state index in [4.69, 9.17) is 27.9 Å². The van der Waals surface area contributed by atoms with Crippen LogP contribution in [0.4, 0.5) is 0 Å².